The number of nitrogens with one attached hydrogen (secondary N) is 1. The van der Waals surface area contributed by atoms with Gasteiger partial charge in [-0.15, -0.1) is 0 Å². The summed E-state index contributed by atoms with van der Waals surface area (Å²) in [6.07, 6.45) is 0. The number of amides is 1. The molecule has 0 saturated carbocycles. The number of nitrogens with zero attached hydrogens (tertiary/aromatic N) is 1. The van der Waals surface area contributed by atoms with Crippen molar-refractivity contribution in [2.45, 2.75) is 18.4 Å². The number of methoxy groups -OCH3 is 1. The zero-order chi connectivity index (χ0) is 22.6. The largest absolute Gasteiger partial charge is 0.496 e. The third-order valence-electron chi connectivity index (χ3n) is 4.82. The predicted molar refractivity (Wildman–Crippen MR) is 122 cm³/mol. The molecule has 0 saturated heterocycles. The van der Waals surface area contributed by atoms with E-state index >= 15 is 0 Å². The first-order valence-corrected chi connectivity index (χ1v) is 11.3. The van der Waals surface area contributed by atoms with Gasteiger partial charge in [0.15, 0.2) is 0 Å². The van der Waals surface area contributed by atoms with Gasteiger partial charge in [0.1, 0.15) is 5.75 Å². The van der Waals surface area contributed by atoms with E-state index in [9.17, 15) is 13.2 Å². The van der Waals surface area contributed by atoms with Crippen molar-refractivity contribution in [3.8, 4) is 5.75 Å². The van der Waals surface area contributed by atoms with Gasteiger partial charge in [0.05, 0.1) is 12.0 Å². The lowest BCUT2D eigenvalue weighted by molar-refractivity contribution is 0.102. The molecular formula is C23H23ClN2O4S. The highest BCUT2D eigenvalue weighted by Gasteiger charge is 2.22. The average Bonchev–Trinajstić information content (AvgIpc) is 2.76. The van der Waals surface area contributed by atoms with Crippen molar-refractivity contribution >= 4 is 33.2 Å². The Morgan fingerprint density at radius 3 is 2.42 bits per heavy atom. The normalized spacial score (nSPS) is 11.4. The lowest BCUT2D eigenvalue weighted by Crippen LogP contribution is -2.27. The zero-order valence-corrected chi connectivity index (χ0v) is 19.0. The molecule has 0 radical (unpaired) electrons. The molecule has 3 rings (SSSR count). The number of sulfonamides is 1. The maximum absolute atomic E-state index is 12.8. The molecule has 0 aliphatic heterocycles. The number of carbonyl (C=O) groups excluding carboxylic acids is 1. The van der Waals surface area contributed by atoms with Gasteiger partial charge in [0, 0.05) is 35.4 Å². The first-order chi connectivity index (χ1) is 14.7. The molecule has 0 aromatic heterocycles. The van der Waals surface area contributed by atoms with Crippen LogP contribution < -0.4 is 10.1 Å². The number of hydrogen-bond acceptors (Lipinski definition) is 4. The number of carbonyl (C=O) groups is 1. The van der Waals surface area contributed by atoms with Gasteiger partial charge in [-0.05, 0) is 55.0 Å². The van der Waals surface area contributed by atoms with Crippen LogP contribution >= 0.6 is 11.6 Å². The Morgan fingerprint density at radius 1 is 1.06 bits per heavy atom. The van der Waals surface area contributed by atoms with Gasteiger partial charge in [-0.3, -0.25) is 4.79 Å². The molecule has 6 nitrogen and oxygen atoms in total. The molecule has 0 fully saturated rings. The molecule has 3 aromatic carbocycles. The van der Waals surface area contributed by atoms with E-state index in [1.807, 2.05) is 13.0 Å². The summed E-state index contributed by atoms with van der Waals surface area (Å²) in [6, 6.07) is 18.3. The Labute approximate surface area is 187 Å². The SMILES string of the molecule is COc1ccc(C(=O)Nc2ccc(C)c(Cl)c2)cc1CN(C)S(=O)(=O)c1ccccc1. The van der Waals surface area contributed by atoms with Crippen molar-refractivity contribution in [1.29, 1.82) is 0 Å². The number of halogens is 1. The van der Waals surface area contributed by atoms with E-state index in [0.717, 1.165) is 5.56 Å². The van der Waals surface area contributed by atoms with Gasteiger partial charge in [-0.2, -0.15) is 4.31 Å². The van der Waals surface area contributed by atoms with E-state index < -0.39 is 10.0 Å². The van der Waals surface area contributed by atoms with Crippen molar-refractivity contribution in [2.24, 2.45) is 0 Å². The predicted octanol–water partition coefficient (Wildman–Crippen LogP) is 4.73. The van der Waals surface area contributed by atoms with Crippen LogP contribution in [0.5, 0.6) is 5.75 Å². The van der Waals surface area contributed by atoms with Crippen LogP contribution in [-0.4, -0.2) is 32.8 Å². The smallest absolute Gasteiger partial charge is 0.255 e. The maximum atomic E-state index is 12.8. The van der Waals surface area contributed by atoms with E-state index in [1.165, 1.54) is 18.5 Å². The highest BCUT2D eigenvalue weighted by Crippen LogP contribution is 2.25. The first-order valence-electron chi connectivity index (χ1n) is 9.48. The lowest BCUT2D eigenvalue weighted by atomic mass is 10.1. The molecule has 3 aromatic rings. The molecule has 162 valence electrons. The summed E-state index contributed by atoms with van der Waals surface area (Å²) in [5.74, 6) is 0.155. The Hall–Kier alpha value is -2.87. The van der Waals surface area contributed by atoms with Crippen LogP contribution in [0.4, 0.5) is 5.69 Å². The number of aryl methyl sites for hydroxylation is 1. The molecule has 0 spiro atoms. The molecule has 1 amide bonds. The average molecular weight is 459 g/mol. The summed E-state index contributed by atoms with van der Waals surface area (Å²) >= 11 is 6.13. The van der Waals surface area contributed by atoms with Crippen LogP contribution in [-0.2, 0) is 16.6 Å². The molecule has 0 bridgehead atoms. The summed E-state index contributed by atoms with van der Waals surface area (Å²) in [6.45, 7) is 1.92. The summed E-state index contributed by atoms with van der Waals surface area (Å²) in [5.41, 5.74) is 2.42. The number of anilines is 1. The Morgan fingerprint density at radius 2 is 1.77 bits per heavy atom. The third kappa shape index (κ3) is 5.25. The topological polar surface area (TPSA) is 75.7 Å². The fourth-order valence-corrected chi connectivity index (χ4v) is 4.37. The van der Waals surface area contributed by atoms with E-state index in [1.54, 1.807) is 60.7 Å². The molecule has 0 aliphatic rings. The van der Waals surface area contributed by atoms with Crippen LogP contribution in [0.15, 0.2) is 71.6 Å². The highest BCUT2D eigenvalue weighted by atomic mass is 35.5. The van der Waals surface area contributed by atoms with Crippen LogP contribution in [0.2, 0.25) is 5.02 Å². The van der Waals surface area contributed by atoms with Crippen molar-refractivity contribution in [3.63, 3.8) is 0 Å². The van der Waals surface area contributed by atoms with Gasteiger partial charge in [-0.25, -0.2) is 8.42 Å². The zero-order valence-electron chi connectivity index (χ0n) is 17.4. The fraction of sp³-hybridized carbons (Fsp3) is 0.174. The monoisotopic (exact) mass is 458 g/mol. The highest BCUT2D eigenvalue weighted by molar-refractivity contribution is 7.89. The Bertz CT molecular complexity index is 1200. The lowest BCUT2D eigenvalue weighted by Gasteiger charge is -2.19. The van der Waals surface area contributed by atoms with Crippen LogP contribution in [0.1, 0.15) is 21.5 Å². The van der Waals surface area contributed by atoms with Crippen molar-refractivity contribution in [3.05, 3.63) is 88.4 Å². The minimum atomic E-state index is -3.69. The molecule has 31 heavy (non-hydrogen) atoms. The van der Waals surface area contributed by atoms with Crippen LogP contribution in [0, 0.1) is 6.92 Å². The maximum Gasteiger partial charge on any atom is 0.255 e. The number of benzene rings is 3. The van der Waals surface area contributed by atoms with Crippen LogP contribution in [0.25, 0.3) is 0 Å². The second-order valence-corrected chi connectivity index (χ2v) is 9.47. The van der Waals surface area contributed by atoms with Gasteiger partial charge in [0.25, 0.3) is 5.91 Å². The van der Waals surface area contributed by atoms with Crippen LogP contribution in [0.3, 0.4) is 0 Å². The van der Waals surface area contributed by atoms with Crippen molar-refractivity contribution < 1.29 is 17.9 Å². The summed E-state index contributed by atoms with van der Waals surface area (Å²) in [4.78, 5) is 12.9. The Balaban J connectivity index is 1.84. The second-order valence-electron chi connectivity index (χ2n) is 7.02. The summed E-state index contributed by atoms with van der Waals surface area (Å²) in [7, 11) is -0.703. The third-order valence-corrected chi connectivity index (χ3v) is 7.04. The fourth-order valence-electron chi connectivity index (χ4n) is 3.01. The van der Waals surface area contributed by atoms with Gasteiger partial charge in [0.2, 0.25) is 10.0 Å². The molecule has 0 atom stereocenters. The van der Waals surface area contributed by atoms with Gasteiger partial charge >= 0.3 is 0 Å². The molecule has 0 unspecified atom stereocenters. The Kier molecular flexibility index (Phi) is 7.00. The van der Waals surface area contributed by atoms with Gasteiger partial charge < -0.3 is 10.1 Å². The standard InChI is InChI=1S/C23H23ClN2O4S/c1-16-9-11-19(14-21(16)24)25-23(27)17-10-12-22(30-3)18(13-17)15-26(2)31(28,29)20-7-5-4-6-8-20/h4-14H,15H2,1-3H3,(H,25,27). The van der Waals surface area contributed by atoms with Crippen molar-refractivity contribution in [2.75, 3.05) is 19.5 Å². The van der Waals surface area contributed by atoms with E-state index in [-0.39, 0.29) is 17.3 Å². The molecule has 1 N–H and O–H groups in total. The van der Waals surface area contributed by atoms with E-state index in [2.05, 4.69) is 5.32 Å². The van der Waals surface area contributed by atoms with Gasteiger partial charge in [-0.1, -0.05) is 35.9 Å². The molecule has 0 heterocycles. The van der Waals surface area contributed by atoms with Crippen molar-refractivity contribution in [1.82, 2.24) is 4.31 Å². The second kappa shape index (κ2) is 9.51. The number of hydrogen-bond donors (Lipinski definition) is 1. The van der Waals surface area contributed by atoms with E-state index in [4.69, 9.17) is 16.3 Å². The number of ether oxygens (including phenoxy) is 1. The minimum absolute atomic E-state index is 0.0396. The first kappa shape index (κ1) is 22.8. The minimum Gasteiger partial charge on any atom is -0.496 e. The summed E-state index contributed by atoms with van der Waals surface area (Å²) in [5, 5.41) is 3.36. The number of rotatable bonds is 7. The molecule has 8 heteroatoms. The molecular weight excluding hydrogens is 436 g/mol. The molecule has 0 aliphatic carbocycles. The quantitative estimate of drug-likeness (QED) is 0.555. The summed E-state index contributed by atoms with van der Waals surface area (Å²) < 4.78 is 32.3. The van der Waals surface area contributed by atoms with E-state index in [0.29, 0.717) is 27.6 Å².